The van der Waals surface area contributed by atoms with Gasteiger partial charge in [0.1, 0.15) is 5.75 Å². The lowest BCUT2D eigenvalue weighted by atomic mass is 10.1. The van der Waals surface area contributed by atoms with Gasteiger partial charge in [-0.15, -0.1) is 0 Å². The van der Waals surface area contributed by atoms with Gasteiger partial charge in [-0.3, -0.25) is 4.79 Å². The molecule has 1 fully saturated rings. The van der Waals surface area contributed by atoms with Crippen molar-refractivity contribution in [3.05, 3.63) is 54.1 Å². The molecule has 1 heterocycles. The fourth-order valence-corrected chi connectivity index (χ4v) is 5.36. The zero-order chi connectivity index (χ0) is 20.4. The molecule has 1 aliphatic heterocycles. The first-order valence-electron chi connectivity index (χ1n) is 8.51. The van der Waals surface area contributed by atoms with E-state index in [2.05, 4.69) is 4.72 Å². The highest BCUT2D eigenvalue weighted by Crippen LogP contribution is 2.26. The number of benzene rings is 2. The largest absolute Gasteiger partial charge is 0.497 e. The quantitative estimate of drug-likeness (QED) is 0.717. The lowest BCUT2D eigenvalue weighted by molar-refractivity contribution is -0.116. The van der Waals surface area contributed by atoms with Gasteiger partial charge < -0.3 is 4.74 Å². The lowest BCUT2D eigenvalue weighted by Crippen LogP contribution is -2.29. The fourth-order valence-electron chi connectivity index (χ4n) is 2.87. The summed E-state index contributed by atoms with van der Waals surface area (Å²) >= 11 is 0. The van der Waals surface area contributed by atoms with Gasteiger partial charge in [0.15, 0.2) is 0 Å². The van der Waals surface area contributed by atoms with Crippen LogP contribution in [0.5, 0.6) is 5.75 Å². The molecule has 1 aliphatic rings. The molecule has 0 bridgehead atoms. The van der Waals surface area contributed by atoms with Crippen molar-refractivity contribution >= 4 is 31.6 Å². The van der Waals surface area contributed by atoms with Crippen molar-refractivity contribution in [1.29, 1.82) is 0 Å². The Morgan fingerprint density at radius 3 is 2.46 bits per heavy atom. The number of sulfonamides is 2. The minimum Gasteiger partial charge on any atom is -0.497 e. The maximum atomic E-state index is 12.4. The second kappa shape index (κ2) is 7.90. The summed E-state index contributed by atoms with van der Waals surface area (Å²) in [4.78, 5) is 11.8. The number of hydrogen-bond donors (Lipinski definition) is 1. The number of ether oxygens (including phenoxy) is 1. The first kappa shape index (κ1) is 20.3. The summed E-state index contributed by atoms with van der Waals surface area (Å²) in [5.41, 5.74) is 1.06. The molecule has 1 amide bonds. The molecule has 1 saturated heterocycles. The molecule has 28 heavy (non-hydrogen) atoms. The molecule has 3 rings (SSSR count). The van der Waals surface area contributed by atoms with Gasteiger partial charge in [-0.25, -0.2) is 25.9 Å². The summed E-state index contributed by atoms with van der Waals surface area (Å²) in [7, 11) is -5.88. The van der Waals surface area contributed by atoms with Crippen LogP contribution in [0.4, 0.5) is 5.69 Å². The van der Waals surface area contributed by atoms with Crippen LogP contribution in [-0.4, -0.2) is 42.2 Å². The van der Waals surface area contributed by atoms with Crippen LogP contribution in [0.2, 0.25) is 0 Å². The number of methoxy groups -OCH3 is 1. The van der Waals surface area contributed by atoms with E-state index >= 15 is 0 Å². The molecule has 0 atom stereocenters. The van der Waals surface area contributed by atoms with Crippen LogP contribution < -0.4 is 13.8 Å². The number of nitrogens with one attached hydrogen (secondary N) is 1. The van der Waals surface area contributed by atoms with Crippen LogP contribution in [0.25, 0.3) is 0 Å². The highest BCUT2D eigenvalue weighted by molar-refractivity contribution is 7.94. The summed E-state index contributed by atoms with van der Waals surface area (Å²) in [6, 6.07) is 12.5. The van der Waals surface area contributed by atoms with E-state index in [1.807, 2.05) is 18.2 Å². The van der Waals surface area contributed by atoms with Gasteiger partial charge in [0, 0.05) is 13.0 Å². The molecule has 0 spiro atoms. The first-order chi connectivity index (χ1) is 13.2. The van der Waals surface area contributed by atoms with E-state index in [0.717, 1.165) is 9.87 Å². The molecule has 0 unspecified atom stereocenters. The molecule has 0 saturated carbocycles. The van der Waals surface area contributed by atoms with E-state index < -0.39 is 26.0 Å². The Morgan fingerprint density at radius 2 is 1.86 bits per heavy atom. The Balaban J connectivity index is 1.67. The van der Waals surface area contributed by atoms with E-state index in [4.69, 9.17) is 4.74 Å². The monoisotopic (exact) mass is 424 g/mol. The van der Waals surface area contributed by atoms with E-state index in [-0.39, 0.29) is 29.3 Å². The summed E-state index contributed by atoms with van der Waals surface area (Å²) < 4.78 is 57.1. The zero-order valence-corrected chi connectivity index (χ0v) is 16.8. The van der Waals surface area contributed by atoms with Gasteiger partial charge in [0.25, 0.3) is 0 Å². The molecule has 0 aromatic heterocycles. The van der Waals surface area contributed by atoms with Crippen molar-refractivity contribution in [2.75, 3.05) is 23.7 Å². The standard InChI is InChI=1S/C18H20N2O6S2/c1-26-16-4-2-3-14(13-16)9-11-19-28(24,25)17-7-5-15(6-8-17)20-18(21)10-12-27(20,22)23/h2-8,13,19H,9-12H2,1H3. The summed E-state index contributed by atoms with van der Waals surface area (Å²) in [5.74, 6) is -0.0630. The highest BCUT2D eigenvalue weighted by atomic mass is 32.2. The third-order valence-corrected chi connectivity index (χ3v) is 7.47. The van der Waals surface area contributed by atoms with E-state index in [1.165, 1.54) is 24.3 Å². The van der Waals surface area contributed by atoms with Gasteiger partial charge in [-0.1, -0.05) is 12.1 Å². The second-order valence-electron chi connectivity index (χ2n) is 6.22. The number of hydrogen-bond acceptors (Lipinski definition) is 6. The Morgan fingerprint density at radius 1 is 1.14 bits per heavy atom. The minimum atomic E-state index is -3.76. The van der Waals surface area contributed by atoms with E-state index in [1.54, 1.807) is 13.2 Å². The van der Waals surface area contributed by atoms with Crippen LogP contribution in [0.15, 0.2) is 53.4 Å². The molecule has 150 valence electrons. The maximum Gasteiger partial charge on any atom is 0.242 e. The Bertz CT molecular complexity index is 1080. The van der Waals surface area contributed by atoms with Crippen molar-refractivity contribution < 1.29 is 26.4 Å². The normalized spacial score (nSPS) is 16.3. The summed E-state index contributed by atoms with van der Waals surface area (Å²) in [6.45, 7) is 0.191. The van der Waals surface area contributed by atoms with Crippen molar-refractivity contribution in [2.45, 2.75) is 17.7 Å². The predicted molar refractivity (Wildman–Crippen MR) is 104 cm³/mol. The molecule has 0 aliphatic carbocycles. The average molecular weight is 425 g/mol. The Labute approximate surface area is 164 Å². The third kappa shape index (κ3) is 4.34. The first-order valence-corrected chi connectivity index (χ1v) is 11.6. The Kier molecular flexibility index (Phi) is 5.73. The molecule has 2 aromatic rings. The second-order valence-corrected chi connectivity index (χ2v) is 9.92. The lowest BCUT2D eigenvalue weighted by Gasteiger charge is -2.15. The van der Waals surface area contributed by atoms with Crippen molar-refractivity contribution in [3.63, 3.8) is 0 Å². The topological polar surface area (TPSA) is 110 Å². The number of amides is 1. The molecule has 0 radical (unpaired) electrons. The molecular formula is C18H20N2O6S2. The van der Waals surface area contributed by atoms with Crippen molar-refractivity contribution in [3.8, 4) is 5.75 Å². The van der Waals surface area contributed by atoms with Crippen molar-refractivity contribution in [1.82, 2.24) is 4.72 Å². The van der Waals surface area contributed by atoms with Gasteiger partial charge >= 0.3 is 0 Å². The average Bonchev–Trinajstić information content (AvgIpc) is 2.94. The number of carbonyl (C=O) groups is 1. The Hall–Kier alpha value is -2.43. The van der Waals surface area contributed by atoms with Gasteiger partial charge in [0.05, 0.1) is 23.4 Å². The summed E-state index contributed by atoms with van der Waals surface area (Å²) in [6.07, 6.45) is 0.406. The van der Waals surface area contributed by atoms with Gasteiger partial charge in [-0.2, -0.15) is 0 Å². The van der Waals surface area contributed by atoms with Crippen LogP contribution >= 0.6 is 0 Å². The third-order valence-electron chi connectivity index (χ3n) is 4.30. The smallest absolute Gasteiger partial charge is 0.242 e. The molecule has 2 aromatic carbocycles. The van der Waals surface area contributed by atoms with E-state index in [9.17, 15) is 21.6 Å². The van der Waals surface area contributed by atoms with E-state index in [0.29, 0.717) is 12.2 Å². The number of nitrogens with zero attached hydrogens (tertiary/aromatic N) is 1. The molecule has 10 heteroatoms. The zero-order valence-electron chi connectivity index (χ0n) is 15.2. The summed E-state index contributed by atoms with van der Waals surface area (Å²) in [5, 5.41) is 0. The number of carbonyl (C=O) groups excluding carboxylic acids is 1. The van der Waals surface area contributed by atoms with Crippen LogP contribution in [0, 0.1) is 0 Å². The minimum absolute atomic E-state index is 0.00839. The van der Waals surface area contributed by atoms with Crippen molar-refractivity contribution in [2.24, 2.45) is 0 Å². The van der Waals surface area contributed by atoms with Gasteiger partial charge in [-0.05, 0) is 48.4 Å². The van der Waals surface area contributed by atoms with Crippen LogP contribution in [0.3, 0.4) is 0 Å². The number of rotatable bonds is 7. The predicted octanol–water partition coefficient (Wildman–Crippen LogP) is 1.28. The van der Waals surface area contributed by atoms with Gasteiger partial charge in [0.2, 0.25) is 26.0 Å². The van der Waals surface area contributed by atoms with Crippen LogP contribution in [-0.2, 0) is 31.3 Å². The highest BCUT2D eigenvalue weighted by Gasteiger charge is 2.36. The molecule has 8 nitrogen and oxygen atoms in total. The molecular weight excluding hydrogens is 404 g/mol. The SMILES string of the molecule is COc1cccc(CCNS(=O)(=O)c2ccc(N3C(=O)CCS3(=O)=O)cc2)c1. The maximum absolute atomic E-state index is 12.4. The van der Waals surface area contributed by atoms with Crippen LogP contribution in [0.1, 0.15) is 12.0 Å². The molecule has 1 N–H and O–H groups in total. The number of anilines is 1. The fraction of sp³-hybridized carbons (Fsp3) is 0.278.